The third-order valence-electron chi connectivity index (χ3n) is 11.5. The summed E-state index contributed by atoms with van der Waals surface area (Å²) < 4.78 is 6.44. The van der Waals surface area contributed by atoms with E-state index in [1.54, 1.807) is 0 Å². The van der Waals surface area contributed by atoms with Crippen molar-refractivity contribution in [2.45, 2.75) is 58.2 Å². The number of hydrogen-bond donors (Lipinski definition) is 3. The number of likely N-dealkylation sites (tertiary alicyclic amines) is 2. The summed E-state index contributed by atoms with van der Waals surface area (Å²) in [5.74, 6) is 0.169. The number of aliphatic carboxylic acids is 1. The van der Waals surface area contributed by atoms with E-state index in [1.165, 1.54) is 0 Å². The van der Waals surface area contributed by atoms with E-state index < -0.39 is 5.97 Å². The van der Waals surface area contributed by atoms with Crippen LogP contribution in [-0.2, 0) is 17.8 Å². The Morgan fingerprint density at radius 2 is 1.79 bits per heavy atom. The number of nitrogens with one attached hydrogen (secondary N) is 1. The molecule has 0 amide bonds. The monoisotopic (exact) mass is 728 g/mol. The van der Waals surface area contributed by atoms with Crippen LogP contribution in [0.5, 0.6) is 0 Å². The molecular weight excluding hydrogens is 688 g/mol. The largest absolute Gasteiger partial charge is 0.481 e. The van der Waals surface area contributed by atoms with Gasteiger partial charge in [-0.15, -0.1) is 0 Å². The van der Waals surface area contributed by atoms with Gasteiger partial charge in [-0.05, 0) is 115 Å². The lowest BCUT2D eigenvalue weighted by molar-refractivity contribution is -0.141. The number of hydrogen-bond acceptors (Lipinski definition) is 9. The van der Waals surface area contributed by atoms with E-state index >= 15 is 0 Å². The molecule has 2 aliphatic heterocycles. The molecule has 10 nitrogen and oxygen atoms in total. The third kappa shape index (κ3) is 6.13. The third-order valence-corrected chi connectivity index (χ3v) is 11.9. The maximum absolute atomic E-state index is 11.6. The van der Waals surface area contributed by atoms with Gasteiger partial charge in [0.25, 0.3) is 0 Å². The van der Waals surface area contributed by atoms with Gasteiger partial charge in [0.05, 0.1) is 17.0 Å². The number of carboxylic acids is 1. The lowest BCUT2D eigenvalue weighted by Gasteiger charge is -2.24. The van der Waals surface area contributed by atoms with Crippen LogP contribution in [0.4, 0.5) is 11.5 Å². The van der Waals surface area contributed by atoms with E-state index in [-0.39, 0.29) is 18.1 Å². The zero-order valence-corrected chi connectivity index (χ0v) is 30.5. The van der Waals surface area contributed by atoms with Gasteiger partial charge in [0, 0.05) is 61.3 Å². The predicted molar refractivity (Wildman–Crippen MR) is 206 cm³/mol. The minimum absolute atomic E-state index is 0.137. The Morgan fingerprint density at radius 3 is 2.58 bits per heavy atom. The molecule has 2 saturated heterocycles. The van der Waals surface area contributed by atoms with Crippen molar-refractivity contribution in [2.75, 3.05) is 31.5 Å². The molecule has 6 aromatic rings. The van der Waals surface area contributed by atoms with Crippen LogP contribution in [0, 0.1) is 19.8 Å². The molecule has 5 heterocycles. The van der Waals surface area contributed by atoms with Gasteiger partial charge in [-0.25, -0.2) is 9.97 Å². The Hall–Kier alpha value is -4.87. The molecule has 0 radical (unpaired) electrons. The fourth-order valence-electron chi connectivity index (χ4n) is 8.69. The Kier molecular flexibility index (Phi) is 8.66. The molecule has 270 valence electrons. The molecule has 1 aliphatic carbocycles. The molecule has 3 aromatic heterocycles. The number of benzene rings is 3. The first-order valence-electron chi connectivity index (χ1n) is 18.4. The first-order valence-corrected chi connectivity index (χ1v) is 18.8. The number of fused-ring (bicyclic) bond motifs is 3. The highest BCUT2D eigenvalue weighted by Gasteiger charge is 2.37. The number of carbonyl (C=O) groups is 1. The van der Waals surface area contributed by atoms with Crippen molar-refractivity contribution in [1.29, 1.82) is 0 Å². The average Bonchev–Trinajstić information content (AvgIpc) is 3.97. The first kappa shape index (κ1) is 33.9. The van der Waals surface area contributed by atoms with Crippen LogP contribution in [0.25, 0.3) is 44.6 Å². The van der Waals surface area contributed by atoms with Crippen LogP contribution >= 0.6 is 11.6 Å². The Balaban J connectivity index is 1.00. The lowest BCUT2D eigenvalue weighted by Crippen LogP contribution is -2.26. The summed E-state index contributed by atoms with van der Waals surface area (Å²) in [6.07, 6.45) is 6.69. The van der Waals surface area contributed by atoms with Crippen LogP contribution in [0.1, 0.15) is 53.1 Å². The van der Waals surface area contributed by atoms with Crippen LogP contribution in [0.2, 0.25) is 5.02 Å². The second-order valence-electron chi connectivity index (χ2n) is 14.8. The molecule has 53 heavy (non-hydrogen) atoms. The Bertz CT molecular complexity index is 2410. The van der Waals surface area contributed by atoms with Crippen LogP contribution in [-0.4, -0.2) is 73.2 Å². The maximum atomic E-state index is 11.6. The van der Waals surface area contributed by atoms with E-state index in [0.29, 0.717) is 41.8 Å². The Morgan fingerprint density at radius 1 is 0.981 bits per heavy atom. The minimum atomic E-state index is -0.722. The maximum Gasteiger partial charge on any atom is 0.307 e. The predicted octanol–water partition coefficient (Wildman–Crippen LogP) is 8.08. The van der Waals surface area contributed by atoms with Crippen molar-refractivity contribution in [3.8, 4) is 22.6 Å². The quantitative estimate of drug-likeness (QED) is 0.142. The normalized spacial score (nSPS) is 20.5. The van der Waals surface area contributed by atoms with Gasteiger partial charge in [0.15, 0.2) is 11.4 Å². The smallest absolute Gasteiger partial charge is 0.307 e. The van der Waals surface area contributed by atoms with Crippen molar-refractivity contribution in [1.82, 2.24) is 24.8 Å². The number of β-amino-alcohol motifs (C(OH)–C–C–N with tert-alkyl or cyclic N) is 1. The molecule has 11 heteroatoms. The number of aromatic nitrogens is 3. The molecule has 0 saturated carbocycles. The lowest BCUT2D eigenvalue weighted by atomic mass is 9.93. The van der Waals surface area contributed by atoms with E-state index in [2.05, 4.69) is 64.3 Å². The van der Waals surface area contributed by atoms with Gasteiger partial charge in [0.1, 0.15) is 11.0 Å². The number of anilines is 2. The SMILES string of the molecule is Cc1c(Nc2nccc3cc(CN4CC[C@@H](O)C4)cnc23)cccc1-c1cccc(-c2nc3cc4c(c(Cl)c3o2)CC[C@H]4N2CC[C@@H](C(=O)O)C2)c1C. The molecule has 2 fully saturated rings. The summed E-state index contributed by atoms with van der Waals surface area (Å²) in [4.78, 5) is 30.7. The molecule has 3 aliphatic rings. The zero-order valence-electron chi connectivity index (χ0n) is 29.8. The summed E-state index contributed by atoms with van der Waals surface area (Å²) in [5, 5.41) is 24.7. The highest BCUT2D eigenvalue weighted by atomic mass is 35.5. The molecular formula is C42H41ClN6O4. The number of rotatable bonds is 8. The second-order valence-corrected chi connectivity index (χ2v) is 15.2. The number of aliphatic hydroxyl groups is 1. The zero-order chi connectivity index (χ0) is 36.4. The number of aliphatic hydroxyl groups excluding tert-OH is 1. The molecule has 3 N–H and O–H groups in total. The van der Waals surface area contributed by atoms with Gasteiger partial charge >= 0.3 is 5.97 Å². The van der Waals surface area contributed by atoms with Crippen molar-refractivity contribution in [3.05, 3.63) is 99.8 Å². The number of pyridine rings is 2. The first-order chi connectivity index (χ1) is 25.7. The van der Waals surface area contributed by atoms with Gasteiger partial charge in [-0.1, -0.05) is 35.9 Å². The summed E-state index contributed by atoms with van der Waals surface area (Å²) in [6, 6.07) is 18.8. The van der Waals surface area contributed by atoms with Crippen molar-refractivity contribution in [3.63, 3.8) is 0 Å². The summed E-state index contributed by atoms with van der Waals surface area (Å²) in [7, 11) is 0. The highest BCUT2D eigenvalue weighted by molar-refractivity contribution is 6.35. The number of nitrogens with zero attached hydrogens (tertiary/aromatic N) is 5. The summed E-state index contributed by atoms with van der Waals surface area (Å²) >= 11 is 7.02. The van der Waals surface area contributed by atoms with E-state index in [0.717, 1.165) is 106 Å². The van der Waals surface area contributed by atoms with Gasteiger partial charge < -0.3 is 19.9 Å². The molecule has 0 spiro atoms. The van der Waals surface area contributed by atoms with Crippen molar-refractivity contribution >= 4 is 51.1 Å². The van der Waals surface area contributed by atoms with Gasteiger partial charge in [-0.2, -0.15) is 0 Å². The van der Waals surface area contributed by atoms with E-state index in [4.69, 9.17) is 26.0 Å². The van der Waals surface area contributed by atoms with Gasteiger partial charge in [-0.3, -0.25) is 19.6 Å². The molecule has 9 rings (SSSR count). The van der Waals surface area contributed by atoms with Crippen molar-refractivity contribution in [2.24, 2.45) is 5.92 Å². The highest BCUT2D eigenvalue weighted by Crippen LogP contribution is 2.45. The number of carboxylic acid groups (broad SMARTS) is 1. The van der Waals surface area contributed by atoms with Gasteiger partial charge in [0.2, 0.25) is 5.89 Å². The topological polar surface area (TPSA) is 128 Å². The summed E-state index contributed by atoms with van der Waals surface area (Å²) in [5.41, 5.74) is 11.6. The number of oxazole rings is 1. The minimum Gasteiger partial charge on any atom is -0.481 e. The molecule has 3 aromatic carbocycles. The van der Waals surface area contributed by atoms with E-state index in [9.17, 15) is 15.0 Å². The second kappa shape index (κ2) is 13.5. The van der Waals surface area contributed by atoms with Crippen molar-refractivity contribution < 1.29 is 19.4 Å². The van der Waals surface area contributed by atoms with E-state index in [1.807, 2.05) is 36.7 Å². The molecule has 0 unspecified atom stereocenters. The number of halogens is 1. The molecule has 0 bridgehead atoms. The fraction of sp³-hybridized carbons (Fsp3) is 0.333. The average molecular weight is 729 g/mol. The van der Waals surface area contributed by atoms with Crippen LogP contribution in [0.15, 0.2) is 71.4 Å². The van der Waals surface area contributed by atoms with Crippen LogP contribution < -0.4 is 5.32 Å². The molecule has 3 atom stereocenters. The summed E-state index contributed by atoms with van der Waals surface area (Å²) in [6.45, 7) is 7.89. The van der Waals surface area contributed by atoms with Crippen LogP contribution in [0.3, 0.4) is 0 Å². The standard InChI is InChI=1S/C42H41ClN6O4/c1-23-29(30-6-4-8-34(24(30)2)46-40-38-26(11-14-44-40)17-25(19-45-38)20-48-15-13-28(50)22-48)5-3-7-31(23)41-47-35-18-33-32(37(43)39(35)53-41)9-10-36(33)49-16-12-27(21-49)42(51)52/h3-8,11,14,17-19,27-28,36,50H,9-10,12-13,15-16,20-22H2,1-2H3,(H,44,46)(H,51,52)/t27-,28-,36-/m1/s1. The fourth-order valence-corrected chi connectivity index (χ4v) is 9.03. The Labute approximate surface area is 312 Å².